The summed E-state index contributed by atoms with van der Waals surface area (Å²) < 4.78 is 36.3. The van der Waals surface area contributed by atoms with Gasteiger partial charge in [0, 0.05) is 20.7 Å². The fourth-order valence-electron chi connectivity index (χ4n) is 3.33. The fraction of sp³-hybridized carbons (Fsp3) is 0.364. The number of hydrogen-bond donors (Lipinski definition) is 1. The smallest absolute Gasteiger partial charge is 0.352 e. The Morgan fingerprint density at radius 1 is 1.00 bits per heavy atom. The van der Waals surface area contributed by atoms with Gasteiger partial charge in [0.2, 0.25) is 0 Å². The van der Waals surface area contributed by atoms with Crippen LogP contribution in [0.4, 0.5) is 8.78 Å². The van der Waals surface area contributed by atoms with E-state index in [4.69, 9.17) is 4.74 Å². The zero-order valence-corrected chi connectivity index (χ0v) is 19.3. The van der Waals surface area contributed by atoms with E-state index in [2.05, 4.69) is 19.6 Å². The molecule has 0 spiro atoms. The molecule has 0 aliphatic rings. The normalized spacial score (nSPS) is 12.8. The Morgan fingerprint density at radius 2 is 1.62 bits per heavy atom. The monoisotopic (exact) mass is 463 g/mol. The molecule has 32 heavy (non-hydrogen) atoms. The molecule has 1 unspecified atom stereocenters. The largest absolute Gasteiger partial charge is 0.394 e. The maximum atomic E-state index is 13.8. The lowest BCUT2D eigenvalue weighted by molar-refractivity contribution is 0.0702. The minimum atomic E-state index is -1.36. The molecule has 1 heterocycles. The van der Waals surface area contributed by atoms with Crippen molar-refractivity contribution in [2.24, 2.45) is 0 Å². The molecular weight excluding hydrogens is 436 g/mol. The van der Waals surface area contributed by atoms with Gasteiger partial charge < -0.3 is 9.84 Å². The van der Waals surface area contributed by atoms with E-state index in [0.717, 1.165) is 32.1 Å². The lowest BCUT2D eigenvalue weighted by Gasteiger charge is -2.16. The van der Waals surface area contributed by atoms with Crippen LogP contribution in [-0.4, -0.2) is 40.3 Å². The molecule has 0 aliphatic heterocycles. The van der Waals surface area contributed by atoms with Crippen LogP contribution in [-0.2, 0) is 11.5 Å². The molecule has 0 bridgehead atoms. The van der Waals surface area contributed by atoms with Crippen LogP contribution >= 0.6 is 0 Å². The number of rotatable bonds is 9. The summed E-state index contributed by atoms with van der Waals surface area (Å²) in [4.78, 5) is 26.6. The van der Waals surface area contributed by atoms with Gasteiger partial charge in [-0.3, -0.25) is 0 Å². The van der Waals surface area contributed by atoms with Crippen LogP contribution in [0.1, 0.15) is 11.6 Å². The summed E-state index contributed by atoms with van der Waals surface area (Å²) in [5.41, 5.74) is -1.11. The van der Waals surface area contributed by atoms with Gasteiger partial charge in [0.15, 0.2) is 0 Å². The Kier molecular flexibility index (Phi) is 7.27. The van der Waals surface area contributed by atoms with E-state index in [0.29, 0.717) is 18.4 Å². The minimum Gasteiger partial charge on any atom is -0.394 e. The van der Waals surface area contributed by atoms with Gasteiger partial charge in [0.1, 0.15) is 18.4 Å². The Labute approximate surface area is 185 Å². The molecule has 0 fully saturated rings. The van der Waals surface area contributed by atoms with Crippen LogP contribution in [0.15, 0.2) is 58.1 Å². The molecule has 0 saturated carbocycles. The highest BCUT2D eigenvalue weighted by Crippen LogP contribution is 2.19. The molecule has 3 rings (SSSR count). The Balaban J connectivity index is 2.10. The number of benzene rings is 2. The molecule has 0 saturated heterocycles. The van der Waals surface area contributed by atoms with E-state index in [9.17, 15) is 23.5 Å². The number of aromatic nitrogens is 3. The number of para-hydroxylation sites is 1. The molecule has 0 aliphatic carbocycles. The van der Waals surface area contributed by atoms with Crippen molar-refractivity contribution in [3.63, 3.8) is 0 Å². The van der Waals surface area contributed by atoms with E-state index in [1.807, 2.05) is 0 Å². The van der Waals surface area contributed by atoms with Crippen LogP contribution < -0.4 is 11.4 Å². The van der Waals surface area contributed by atoms with Gasteiger partial charge in [0.05, 0.1) is 18.3 Å². The lowest BCUT2D eigenvalue weighted by atomic mass is 10.1. The van der Waals surface area contributed by atoms with E-state index in [1.54, 1.807) is 30.3 Å². The highest BCUT2D eigenvalue weighted by atomic mass is 28.3. The second kappa shape index (κ2) is 9.76. The number of aliphatic hydroxyl groups excluding tert-OH is 1. The van der Waals surface area contributed by atoms with Crippen LogP contribution in [0.5, 0.6) is 0 Å². The first-order chi connectivity index (χ1) is 15.1. The minimum absolute atomic E-state index is 0.0267. The predicted octanol–water partition coefficient (Wildman–Crippen LogP) is 2.97. The first-order valence-electron chi connectivity index (χ1n) is 10.3. The van der Waals surface area contributed by atoms with Crippen LogP contribution in [0, 0.1) is 11.6 Å². The fourth-order valence-corrected chi connectivity index (χ4v) is 4.09. The lowest BCUT2D eigenvalue weighted by Crippen LogP contribution is -2.35. The molecule has 7 nitrogen and oxygen atoms in total. The second-order valence-corrected chi connectivity index (χ2v) is 14.4. The summed E-state index contributed by atoms with van der Waals surface area (Å²) >= 11 is 0. The average molecular weight is 464 g/mol. The van der Waals surface area contributed by atoms with Crippen LogP contribution in [0.2, 0.25) is 25.7 Å². The van der Waals surface area contributed by atoms with Crippen molar-refractivity contribution < 1.29 is 18.6 Å². The topological polar surface area (TPSA) is 78.4 Å². The molecule has 172 valence electrons. The SMILES string of the molecule is C[Si](C)(C)CCOCn1c(=O)n(C(CO)c2cc(F)cc(F)c2)c(=O)n1-c1ccccc1. The molecule has 1 N–H and O–H groups in total. The Bertz CT molecular complexity index is 1160. The van der Waals surface area contributed by atoms with Gasteiger partial charge in [-0.2, -0.15) is 4.68 Å². The van der Waals surface area contributed by atoms with Gasteiger partial charge >= 0.3 is 11.4 Å². The molecule has 10 heteroatoms. The van der Waals surface area contributed by atoms with Crippen molar-refractivity contribution in [3.05, 3.63) is 86.7 Å². The van der Waals surface area contributed by atoms with Crippen molar-refractivity contribution >= 4 is 8.07 Å². The first kappa shape index (κ1) is 23.8. The summed E-state index contributed by atoms with van der Waals surface area (Å²) in [6.45, 7) is 6.13. The third-order valence-electron chi connectivity index (χ3n) is 5.02. The molecule has 3 aromatic rings. The third kappa shape index (κ3) is 5.32. The summed E-state index contributed by atoms with van der Waals surface area (Å²) in [5.74, 6) is -1.74. The van der Waals surface area contributed by atoms with Gasteiger partial charge in [0.25, 0.3) is 0 Å². The number of nitrogens with zero attached hydrogens (tertiary/aromatic N) is 3. The summed E-state index contributed by atoms with van der Waals surface area (Å²) in [6, 6.07) is 10.8. The average Bonchev–Trinajstić information content (AvgIpc) is 2.96. The molecule has 2 aromatic carbocycles. The third-order valence-corrected chi connectivity index (χ3v) is 6.72. The zero-order valence-electron chi connectivity index (χ0n) is 18.3. The van der Waals surface area contributed by atoms with E-state index < -0.39 is 43.7 Å². The van der Waals surface area contributed by atoms with Gasteiger partial charge in [-0.25, -0.2) is 27.6 Å². The standard InChI is InChI=1S/C22H27F2N3O4Si/c1-32(2,3)10-9-31-15-25-21(29)26(22(30)27(25)19-7-5-4-6-8-19)20(14-28)16-11-17(23)13-18(24)12-16/h4-8,11-13,20,28H,9-10,14-15H2,1-3H3. The molecular formula is C22H27F2N3O4Si. The number of hydrogen-bond acceptors (Lipinski definition) is 4. The second-order valence-electron chi connectivity index (χ2n) is 8.73. The van der Waals surface area contributed by atoms with Crippen molar-refractivity contribution in [3.8, 4) is 5.69 Å². The Morgan fingerprint density at radius 3 is 2.19 bits per heavy atom. The molecule has 0 amide bonds. The molecule has 0 radical (unpaired) electrons. The van der Waals surface area contributed by atoms with Gasteiger partial charge in [-0.15, -0.1) is 0 Å². The number of aliphatic hydroxyl groups is 1. The Hall–Kier alpha value is -2.82. The summed E-state index contributed by atoms with van der Waals surface area (Å²) in [5, 5.41) is 9.95. The van der Waals surface area contributed by atoms with Crippen LogP contribution in [0.3, 0.4) is 0 Å². The van der Waals surface area contributed by atoms with Crippen molar-refractivity contribution in [2.75, 3.05) is 13.2 Å². The quantitative estimate of drug-likeness (QED) is 0.391. The van der Waals surface area contributed by atoms with Crippen molar-refractivity contribution in [1.29, 1.82) is 0 Å². The van der Waals surface area contributed by atoms with E-state index in [1.165, 1.54) is 0 Å². The maximum Gasteiger partial charge on any atom is 0.352 e. The van der Waals surface area contributed by atoms with Crippen molar-refractivity contribution in [1.82, 2.24) is 13.9 Å². The summed E-state index contributed by atoms with van der Waals surface area (Å²) in [6.07, 6.45) is 0. The van der Waals surface area contributed by atoms with E-state index in [-0.39, 0.29) is 12.3 Å². The highest BCUT2D eigenvalue weighted by Gasteiger charge is 2.25. The van der Waals surface area contributed by atoms with Crippen molar-refractivity contribution in [2.45, 2.75) is 38.5 Å². The van der Waals surface area contributed by atoms with E-state index >= 15 is 0 Å². The summed E-state index contributed by atoms with van der Waals surface area (Å²) in [7, 11) is -1.36. The number of halogens is 2. The zero-order chi connectivity index (χ0) is 23.5. The van der Waals surface area contributed by atoms with Gasteiger partial charge in [-0.05, 0) is 35.9 Å². The number of ether oxygens (including phenoxy) is 1. The molecule has 1 aromatic heterocycles. The predicted molar refractivity (Wildman–Crippen MR) is 120 cm³/mol. The molecule has 1 atom stereocenters. The first-order valence-corrected chi connectivity index (χ1v) is 14.0. The van der Waals surface area contributed by atoms with Gasteiger partial charge in [-0.1, -0.05) is 37.8 Å². The van der Waals surface area contributed by atoms with Crippen LogP contribution in [0.25, 0.3) is 5.69 Å². The highest BCUT2D eigenvalue weighted by molar-refractivity contribution is 6.76. The maximum absolute atomic E-state index is 13.8.